The number of halogens is 2. The van der Waals surface area contributed by atoms with Crippen molar-refractivity contribution in [3.8, 4) is 0 Å². The van der Waals surface area contributed by atoms with E-state index < -0.39 is 17.6 Å². The van der Waals surface area contributed by atoms with Gasteiger partial charge >= 0.3 is 5.97 Å². The Labute approximate surface area is 202 Å². The molecule has 2 heterocycles. The van der Waals surface area contributed by atoms with E-state index in [0.29, 0.717) is 18.5 Å². The molecule has 2 aromatic carbocycles. The zero-order chi connectivity index (χ0) is 24.5. The molecule has 6 nitrogen and oxygen atoms in total. The van der Waals surface area contributed by atoms with Crippen molar-refractivity contribution in [2.45, 2.75) is 52.3 Å². The SMILES string of the molecule is CC(C)(C)[C@@H](Nc1nc(Cl)c2n(c1=O)[C@H](C(=O)OCc1ccccc1)CC2)c1ccc(F)cc1. The summed E-state index contributed by atoms with van der Waals surface area (Å²) in [5.74, 6) is -0.781. The third-order valence-corrected chi connectivity index (χ3v) is 6.28. The number of benzene rings is 2. The van der Waals surface area contributed by atoms with Crippen LogP contribution in [0.5, 0.6) is 0 Å². The van der Waals surface area contributed by atoms with Gasteiger partial charge in [0, 0.05) is 0 Å². The van der Waals surface area contributed by atoms with Gasteiger partial charge in [0.05, 0.1) is 11.7 Å². The topological polar surface area (TPSA) is 73.2 Å². The van der Waals surface area contributed by atoms with Crippen LogP contribution < -0.4 is 10.9 Å². The van der Waals surface area contributed by atoms with Crippen molar-refractivity contribution < 1.29 is 13.9 Å². The molecule has 1 aromatic heterocycles. The first-order valence-electron chi connectivity index (χ1n) is 11.2. The predicted octanol–water partition coefficient (Wildman–Crippen LogP) is 5.47. The van der Waals surface area contributed by atoms with Gasteiger partial charge in [-0.15, -0.1) is 0 Å². The summed E-state index contributed by atoms with van der Waals surface area (Å²) in [5.41, 5.74) is 1.41. The highest BCUT2D eigenvalue weighted by Crippen LogP contribution is 2.36. The molecule has 0 spiro atoms. The molecular formula is C26H27ClFN3O3. The Hall–Kier alpha value is -3.19. The number of carbonyl (C=O) groups is 1. The highest BCUT2D eigenvalue weighted by atomic mass is 35.5. The second-order valence-electron chi connectivity index (χ2n) is 9.52. The fourth-order valence-electron chi connectivity index (χ4n) is 4.24. The number of esters is 1. The van der Waals surface area contributed by atoms with Crippen LogP contribution in [-0.2, 0) is 22.6 Å². The molecule has 0 amide bonds. The standard InChI is InChI=1S/C26H27ClFN3O3/c1-26(2,3)21(17-9-11-18(28)12-10-17)29-23-24(32)31-19(22(27)30-23)13-14-20(31)25(33)34-15-16-7-5-4-6-8-16/h4-12,20-21H,13-15H2,1-3H3,(H,29,30)/t20-,21-/m0/s1. The number of hydrogen-bond donors (Lipinski definition) is 1. The molecule has 1 aliphatic rings. The Balaban J connectivity index is 1.63. The maximum Gasteiger partial charge on any atom is 0.329 e. The fourth-order valence-corrected chi connectivity index (χ4v) is 4.51. The number of nitrogens with one attached hydrogen (secondary N) is 1. The molecule has 0 bridgehead atoms. The quantitative estimate of drug-likeness (QED) is 0.471. The molecule has 1 aliphatic heterocycles. The molecule has 0 saturated heterocycles. The smallest absolute Gasteiger partial charge is 0.329 e. The van der Waals surface area contributed by atoms with Gasteiger partial charge < -0.3 is 10.1 Å². The van der Waals surface area contributed by atoms with Crippen molar-refractivity contribution in [1.82, 2.24) is 9.55 Å². The van der Waals surface area contributed by atoms with E-state index in [1.165, 1.54) is 16.7 Å². The van der Waals surface area contributed by atoms with E-state index in [9.17, 15) is 14.0 Å². The number of hydrogen-bond acceptors (Lipinski definition) is 5. The summed E-state index contributed by atoms with van der Waals surface area (Å²) in [4.78, 5) is 30.7. The minimum Gasteiger partial charge on any atom is -0.459 e. The van der Waals surface area contributed by atoms with Crippen LogP contribution in [0.1, 0.15) is 56.1 Å². The van der Waals surface area contributed by atoms with Crippen molar-refractivity contribution in [2.24, 2.45) is 5.41 Å². The molecule has 0 unspecified atom stereocenters. The van der Waals surface area contributed by atoms with Gasteiger partial charge in [-0.05, 0) is 41.5 Å². The van der Waals surface area contributed by atoms with Crippen LogP contribution in [-0.4, -0.2) is 15.5 Å². The third-order valence-electron chi connectivity index (χ3n) is 5.97. The van der Waals surface area contributed by atoms with Gasteiger partial charge in [-0.25, -0.2) is 14.2 Å². The number of carbonyl (C=O) groups excluding carboxylic acids is 1. The molecule has 8 heteroatoms. The van der Waals surface area contributed by atoms with Crippen molar-refractivity contribution in [2.75, 3.05) is 5.32 Å². The number of fused-ring (bicyclic) bond motifs is 1. The van der Waals surface area contributed by atoms with Gasteiger partial charge in [0.25, 0.3) is 5.56 Å². The summed E-state index contributed by atoms with van der Waals surface area (Å²) in [6.07, 6.45) is 0.863. The highest BCUT2D eigenvalue weighted by Gasteiger charge is 2.35. The minimum atomic E-state index is -0.772. The molecule has 178 valence electrons. The lowest BCUT2D eigenvalue weighted by molar-refractivity contribution is -0.148. The summed E-state index contributed by atoms with van der Waals surface area (Å²) in [6.45, 7) is 6.14. The number of nitrogens with zero attached hydrogens (tertiary/aromatic N) is 2. The lowest BCUT2D eigenvalue weighted by atomic mass is 9.82. The number of anilines is 1. The Morgan fingerprint density at radius 1 is 1.21 bits per heavy atom. The van der Waals surface area contributed by atoms with E-state index in [4.69, 9.17) is 16.3 Å². The lowest BCUT2D eigenvalue weighted by Gasteiger charge is -2.32. The van der Waals surface area contributed by atoms with Crippen LogP contribution in [0.25, 0.3) is 0 Å². The Morgan fingerprint density at radius 2 is 1.88 bits per heavy atom. The lowest BCUT2D eigenvalue weighted by Crippen LogP contribution is -2.34. The van der Waals surface area contributed by atoms with Gasteiger partial charge in [0.15, 0.2) is 11.0 Å². The van der Waals surface area contributed by atoms with Gasteiger partial charge in [0.1, 0.15) is 18.5 Å². The van der Waals surface area contributed by atoms with Gasteiger partial charge in [-0.2, -0.15) is 0 Å². The summed E-state index contributed by atoms with van der Waals surface area (Å²) in [7, 11) is 0. The van der Waals surface area contributed by atoms with E-state index in [0.717, 1.165) is 11.1 Å². The molecule has 0 fully saturated rings. The Morgan fingerprint density at radius 3 is 2.53 bits per heavy atom. The van der Waals surface area contributed by atoms with E-state index in [1.54, 1.807) is 12.1 Å². The zero-order valence-electron chi connectivity index (χ0n) is 19.3. The van der Waals surface area contributed by atoms with E-state index >= 15 is 0 Å². The van der Waals surface area contributed by atoms with Crippen LogP contribution in [0.15, 0.2) is 59.4 Å². The van der Waals surface area contributed by atoms with E-state index in [-0.39, 0.29) is 34.9 Å². The Bertz CT molecular complexity index is 1240. The number of aromatic nitrogens is 2. The monoisotopic (exact) mass is 483 g/mol. The summed E-state index contributed by atoms with van der Waals surface area (Å²) in [5, 5.41) is 3.38. The minimum absolute atomic E-state index is 0.0424. The van der Waals surface area contributed by atoms with Crippen molar-refractivity contribution in [3.05, 3.63) is 92.7 Å². The van der Waals surface area contributed by atoms with Gasteiger partial charge in [-0.1, -0.05) is 74.8 Å². The number of rotatable bonds is 6. The summed E-state index contributed by atoms with van der Waals surface area (Å²) in [6, 6.07) is 14.3. The molecule has 1 N–H and O–H groups in total. The van der Waals surface area contributed by atoms with Crippen molar-refractivity contribution in [1.29, 1.82) is 0 Å². The second kappa shape index (κ2) is 9.58. The van der Waals surface area contributed by atoms with Gasteiger partial charge in [-0.3, -0.25) is 9.36 Å². The van der Waals surface area contributed by atoms with Crippen molar-refractivity contribution in [3.63, 3.8) is 0 Å². The predicted molar refractivity (Wildman–Crippen MR) is 129 cm³/mol. The highest BCUT2D eigenvalue weighted by molar-refractivity contribution is 6.30. The van der Waals surface area contributed by atoms with Crippen LogP contribution in [0.4, 0.5) is 10.2 Å². The molecule has 3 aromatic rings. The van der Waals surface area contributed by atoms with Crippen LogP contribution in [0.2, 0.25) is 5.15 Å². The first kappa shape index (κ1) is 24.0. The average Bonchev–Trinajstić information content (AvgIpc) is 3.26. The molecule has 0 radical (unpaired) electrons. The molecular weight excluding hydrogens is 457 g/mol. The maximum absolute atomic E-state index is 13.5. The summed E-state index contributed by atoms with van der Waals surface area (Å²) >= 11 is 6.44. The maximum atomic E-state index is 13.5. The summed E-state index contributed by atoms with van der Waals surface area (Å²) < 4.78 is 20.4. The second-order valence-corrected chi connectivity index (χ2v) is 9.87. The van der Waals surface area contributed by atoms with Crippen LogP contribution >= 0.6 is 11.6 Å². The molecule has 4 rings (SSSR count). The Kier molecular flexibility index (Phi) is 6.75. The zero-order valence-corrected chi connectivity index (χ0v) is 20.1. The first-order chi connectivity index (χ1) is 16.1. The molecule has 2 atom stereocenters. The normalized spacial score (nSPS) is 16.1. The van der Waals surface area contributed by atoms with E-state index in [2.05, 4.69) is 10.3 Å². The molecule has 0 aliphatic carbocycles. The van der Waals surface area contributed by atoms with E-state index in [1.807, 2.05) is 51.1 Å². The molecule has 34 heavy (non-hydrogen) atoms. The largest absolute Gasteiger partial charge is 0.459 e. The fraction of sp³-hybridized carbons (Fsp3) is 0.346. The van der Waals surface area contributed by atoms with Crippen molar-refractivity contribution >= 4 is 23.4 Å². The van der Waals surface area contributed by atoms with Gasteiger partial charge in [0.2, 0.25) is 0 Å². The number of ether oxygens (including phenoxy) is 1. The third kappa shape index (κ3) is 4.99. The van der Waals surface area contributed by atoms with Crippen LogP contribution in [0, 0.1) is 11.2 Å². The average molecular weight is 484 g/mol. The van der Waals surface area contributed by atoms with Crippen LogP contribution in [0.3, 0.4) is 0 Å². The molecule has 0 saturated carbocycles. The first-order valence-corrected chi connectivity index (χ1v) is 11.6.